The second-order valence-corrected chi connectivity index (χ2v) is 5.37. The zero-order valence-electron chi connectivity index (χ0n) is 12.0. The number of hydrogen-bond donors (Lipinski definition) is 4. The predicted molar refractivity (Wildman–Crippen MR) is 74.5 cm³/mol. The highest BCUT2D eigenvalue weighted by Gasteiger charge is 2.20. The minimum Gasteiger partial charge on any atom is -0.480 e. The molecule has 1 aliphatic heterocycles. The van der Waals surface area contributed by atoms with Crippen LogP contribution in [0.2, 0.25) is 0 Å². The predicted octanol–water partition coefficient (Wildman–Crippen LogP) is -0.147. The molecule has 1 unspecified atom stereocenters. The van der Waals surface area contributed by atoms with Crippen LogP contribution in [0, 0.1) is 5.92 Å². The summed E-state index contributed by atoms with van der Waals surface area (Å²) in [5.41, 5.74) is 0. The zero-order valence-corrected chi connectivity index (χ0v) is 12.0. The molecule has 1 saturated heterocycles. The van der Waals surface area contributed by atoms with Crippen LogP contribution in [0.1, 0.15) is 26.2 Å². The molecule has 1 rings (SSSR count). The van der Waals surface area contributed by atoms with Crippen LogP contribution >= 0.6 is 0 Å². The molecule has 7 nitrogen and oxygen atoms in total. The molecule has 20 heavy (non-hydrogen) atoms. The van der Waals surface area contributed by atoms with Gasteiger partial charge in [0.05, 0.1) is 0 Å². The number of rotatable bonds is 8. The second-order valence-electron chi connectivity index (χ2n) is 5.37. The Kier molecular flexibility index (Phi) is 7.32. The summed E-state index contributed by atoms with van der Waals surface area (Å²) in [6, 6.07) is -1.55. The Hall–Kier alpha value is -1.34. The van der Waals surface area contributed by atoms with Gasteiger partial charge in [-0.3, -0.25) is 0 Å². The smallest absolute Gasteiger partial charge is 0.326 e. The number of carboxylic acids is 1. The second kappa shape index (κ2) is 8.76. The van der Waals surface area contributed by atoms with Gasteiger partial charge in [-0.25, -0.2) is 9.59 Å². The van der Waals surface area contributed by atoms with Crippen LogP contribution in [-0.2, 0) is 4.79 Å². The molecule has 0 saturated carbocycles. The average Bonchev–Trinajstić information content (AvgIpc) is 2.88. The SMILES string of the molecule is CC(CNC(=O)N[C@@H](CCO)C(=O)O)CN1CCCC1. The third-order valence-corrected chi connectivity index (χ3v) is 3.40. The minimum absolute atomic E-state index is 0.00604. The quantitative estimate of drug-likeness (QED) is 0.497. The van der Waals surface area contributed by atoms with Gasteiger partial charge in [0.15, 0.2) is 0 Å². The summed E-state index contributed by atoms with van der Waals surface area (Å²) >= 11 is 0. The fourth-order valence-corrected chi connectivity index (χ4v) is 2.33. The van der Waals surface area contributed by atoms with E-state index in [0.717, 1.165) is 19.6 Å². The van der Waals surface area contributed by atoms with Gasteiger partial charge in [0.1, 0.15) is 6.04 Å². The summed E-state index contributed by atoms with van der Waals surface area (Å²) < 4.78 is 0. The topological polar surface area (TPSA) is 102 Å². The van der Waals surface area contributed by atoms with Crippen LogP contribution in [0.4, 0.5) is 4.79 Å². The molecule has 7 heteroatoms. The van der Waals surface area contributed by atoms with Crippen molar-refractivity contribution in [2.75, 3.05) is 32.8 Å². The highest BCUT2D eigenvalue weighted by atomic mass is 16.4. The van der Waals surface area contributed by atoms with Gasteiger partial charge in [0, 0.05) is 26.1 Å². The summed E-state index contributed by atoms with van der Waals surface area (Å²) in [5.74, 6) is -0.820. The number of aliphatic hydroxyl groups is 1. The third kappa shape index (κ3) is 6.21. The first-order valence-corrected chi connectivity index (χ1v) is 7.13. The van der Waals surface area contributed by atoms with E-state index in [1.165, 1.54) is 12.8 Å². The maximum atomic E-state index is 11.6. The number of urea groups is 1. The van der Waals surface area contributed by atoms with E-state index < -0.39 is 18.0 Å². The van der Waals surface area contributed by atoms with Crippen LogP contribution in [0.25, 0.3) is 0 Å². The van der Waals surface area contributed by atoms with Crippen LogP contribution < -0.4 is 10.6 Å². The summed E-state index contributed by atoms with van der Waals surface area (Å²) in [6.45, 7) is 5.47. The van der Waals surface area contributed by atoms with Crippen molar-refractivity contribution in [2.24, 2.45) is 5.92 Å². The van der Waals surface area contributed by atoms with Gasteiger partial charge in [-0.05, 0) is 31.8 Å². The largest absolute Gasteiger partial charge is 0.480 e. The molecule has 1 aliphatic rings. The van der Waals surface area contributed by atoms with Gasteiger partial charge in [-0.15, -0.1) is 0 Å². The molecule has 116 valence electrons. The fourth-order valence-electron chi connectivity index (χ4n) is 2.33. The number of nitrogens with zero attached hydrogens (tertiary/aromatic N) is 1. The first kappa shape index (κ1) is 16.7. The lowest BCUT2D eigenvalue weighted by molar-refractivity contribution is -0.139. The molecule has 1 heterocycles. The van der Waals surface area contributed by atoms with Crippen LogP contribution in [0.3, 0.4) is 0 Å². The Morgan fingerprint density at radius 1 is 1.30 bits per heavy atom. The summed E-state index contributed by atoms with van der Waals surface area (Å²) in [6.07, 6.45) is 2.48. The number of carbonyl (C=O) groups excluding carboxylic acids is 1. The van der Waals surface area contributed by atoms with E-state index in [1.807, 2.05) is 0 Å². The minimum atomic E-state index is -1.14. The van der Waals surface area contributed by atoms with Crippen molar-refractivity contribution >= 4 is 12.0 Å². The molecule has 2 atom stereocenters. The molecule has 2 amide bonds. The zero-order chi connectivity index (χ0) is 15.0. The lowest BCUT2D eigenvalue weighted by Gasteiger charge is -2.21. The number of likely N-dealkylation sites (tertiary alicyclic amines) is 1. The van der Waals surface area contributed by atoms with Crippen molar-refractivity contribution in [1.82, 2.24) is 15.5 Å². The number of aliphatic hydroxyl groups excluding tert-OH is 1. The van der Waals surface area contributed by atoms with Crippen LogP contribution in [-0.4, -0.2) is 65.9 Å². The first-order chi connectivity index (χ1) is 9.52. The number of carbonyl (C=O) groups is 2. The van der Waals surface area contributed by atoms with Crippen LogP contribution in [0.15, 0.2) is 0 Å². The Labute approximate surface area is 119 Å². The van der Waals surface area contributed by atoms with Gasteiger partial charge >= 0.3 is 12.0 Å². The summed E-state index contributed by atoms with van der Waals surface area (Å²) in [5, 5.41) is 22.6. The standard InChI is InChI=1S/C13H25N3O4/c1-10(9-16-5-2-3-6-16)8-14-13(20)15-11(4-7-17)12(18)19/h10-11,17H,2-9H2,1H3,(H,18,19)(H2,14,15,20)/t10?,11-/m0/s1. The number of hydrogen-bond acceptors (Lipinski definition) is 4. The molecule has 0 aliphatic carbocycles. The van der Waals surface area contributed by atoms with Gasteiger partial charge in [-0.1, -0.05) is 6.92 Å². The Balaban J connectivity index is 2.22. The maximum absolute atomic E-state index is 11.6. The number of nitrogens with one attached hydrogen (secondary N) is 2. The van der Waals surface area contributed by atoms with E-state index >= 15 is 0 Å². The molecular formula is C13H25N3O4. The van der Waals surface area contributed by atoms with Crippen molar-refractivity contribution < 1.29 is 19.8 Å². The molecule has 4 N–H and O–H groups in total. The van der Waals surface area contributed by atoms with E-state index in [2.05, 4.69) is 22.5 Å². The molecule has 1 fully saturated rings. The molecule has 0 aromatic carbocycles. The van der Waals surface area contributed by atoms with Crippen molar-refractivity contribution in [2.45, 2.75) is 32.2 Å². The van der Waals surface area contributed by atoms with E-state index in [0.29, 0.717) is 12.5 Å². The third-order valence-electron chi connectivity index (χ3n) is 3.40. The Morgan fingerprint density at radius 3 is 2.50 bits per heavy atom. The van der Waals surface area contributed by atoms with Crippen molar-refractivity contribution in [3.63, 3.8) is 0 Å². The number of carboxylic acid groups (broad SMARTS) is 1. The molecular weight excluding hydrogens is 262 g/mol. The van der Waals surface area contributed by atoms with Gasteiger partial charge in [-0.2, -0.15) is 0 Å². The van der Waals surface area contributed by atoms with Crippen molar-refractivity contribution in [1.29, 1.82) is 0 Å². The van der Waals surface area contributed by atoms with Gasteiger partial charge < -0.3 is 25.7 Å². The lowest BCUT2D eigenvalue weighted by atomic mass is 10.1. The number of aliphatic carboxylic acids is 1. The lowest BCUT2D eigenvalue weighted by Crippen LogP contribution is -2.47. The van der Waals surface area contributed by atoms with E-state index in [9.17, 15) is 9.59 Å². The van der Waals surface area contributed by atoms with Gasteiger partial charge in [0.2, 0.25) is 0 Å². The highest BCUT2D eigenvalue weighted by Crippen LogP contribution is 2.09. The van der Waals surface area contributed by atoms with E-state index in [4.69, 9.17) is 10.2 Å². The summed E-state index contributed by atoms with van der Waals surface area (Å²) in [4.78, 5) is 24.8. The average molecular weight is 287 g/mol. The van der Waals surface area contributed by atoms with Crippen molar-refractivity contribution in [3.05, 3.63) is 0 Å². The molecule has 0 aromatic rings. The normalized spacial score (nSPS) is 18.5. The Bertz CT molecular complexity index is 319. The molecule has 0 aromatic heterocycles. The monoisotopic (exact) mass is 287 g/mol. The van der Waals surface area contributed by atoms with Gasteiger partial charge in [0.25, 0.3) is 0 Å². The van der Waals surface area contributed by atoms with E-state index in [1.54, 1.807) is 0 Å². The maximum Gasteiger partial charge on any atom is 0.326 e. The van der Waals surface area contributed by atoms with E-state index in [-0.39, 0.29) is 13.0 Å². The molecule has 0 bridgehead atoms. The Morgan fingerprint density at radius 2 is 1.95 bits per heavy atom. The first-order valence-electron chi connectivity index (χ1n) is 7.13. The molecule has 0 spiro atoms. The number of amides is 2. The molecule has 0 radical (unpaired) electrons. The summed E-state index contributed by atoms with van der Waals surface area (Å²) in [7, 11) is 0. The van der Waals surface area contributed by atoms with Crippen LogP contribution in [0.5, 0.6) is 0 Å². The fraction of sp³-hybridized carbons (Fsp3) is 0.846. The van der Waals surface area contributed by atoms with Crippen molar-refractivity contribution in [3.8, 4) is 0 Å². The highest BCUT2D eigenvalue weighted by molar-refractivity contribution is 5.82.